The van der Waals surface area contributed by atoms with Crippen molar-refractivity contribution in [2.24, 2.45) is 0 Å². The predicted molar refractivity (Wildman–Crippen MR) is 84.3 cm³/mol. The van der Waals surface area contributed by atoms with Gasteiger partial charge in [0.25, 0.3) is 0 Å². The van der Waals surface area contributed by atoms with E-state index in [0.29, 0.717) is 22.4 Å². The fourth-order valence-corrected chi connectivity index (χ4v) is 2.32. The first-order chi connectivity index (χ1) is 10.1. The summed E-state index contributed by atoms with van der Waals surface area (Å²) in [5.41, 5.74) is 1.57. The van der Waals surface area contributed by atoms with Gasteiger partial charge >= 0.3 is 0 Å². The Morgan fingerprint density at radius 1 is 1.19 bits per heavy atom. The minimum atomic E-state index is -0.347. The van der Waals surface area contributed by atoms with Crippen molar-refractivity contribution in [3.63, 3.8) is 0 Å². The monoisotopic (exact) mass is 307 g/mol. The van der Waals surface area contributed by atoms with Gasteiger partial charge in [-0.2, -0.15) is 0 Å². The number of hydrogen-bond acceptors (Lipinski definition) is 2. The Morgan fingerprint density at radius 3 is 2.52 bits per heavy atom. The highest BCUT2D eigenvalue weighted by atomic mass is 35.5. The predicted octanol–water partition coefficient (Wildman–Crippen LogP) is 4.73. The second-order valence-corrected chi connectivity index (χ2v) is 5.24. The van der Waals surface area contributed by atoms with E-state index in [1.807, 2.05) is 24.3 Å². The van der Waals surface area contributed by atoms with Crippen LogP contribution in [0.1, 0.15) is 31.0 Å². The summed E-state index contributed by atoms with van der Waals surface area (Å²) in [6.45, 7) is 5.23. The van der Waals surface area contributed by atoms with Crippen molar-refractivity contribution in [1.29, 1.82) is 0 Å². The average Bonchev–Trinajstić information content (AvgIpc) is 2.47. The van der Waals surface area contributed by atoms with Crippen LogP contribution in [-0.2, 0) is 6.61 Å². The number of ether oxygens (including phenoxy) is 1. The van der Waals surface area contributed by atoms with Crippen molar-refractivity contribution in [3.05, 3.63) is 64.4 Å². The summed E-state index contributed by atoms with van der Waals surface area (Å²) in [5.74, 6) is 0.349. The number of halogens is 2. The molecule has 0 aliphatic heterocycles. The van der Waals surface area contributed by atoms with E-state index in [1.54, 1.807) is 12.1 Å². The maximum Gasteiger partial charge on any atom is 0.131 e. The summed E-state index contributed by atoms with van der Waals surface area (Å²) in [6.07, 6.45) is 0. The zero-order chi connectivity index (χ0) is 15.2. The van der Waals surface area contributed by atoms with Crippen LogP contribution in [0.25, 0.3) is 0 Å². The first-order valence-corrected chi connectivity index (χ1v) is 7.38. The third-order valence-electron chi connectivity index (χ3n) is 3.34. The lowest BCUT2D eigenvalue weighted by Gasteiger charge is -2.14. The molecular formula is C17H19ClFNO. The molecule has 1 atom stereocenters. The minimum absolute atomic E-state index is 0.119. The first-order valence-electron chi connectivity index (χ1n) is 7.01. The molecule has 0 amide bonds. The minimum Gasteiger partial charge on any atom is -0.489 e. The van der Waals surface area contributed by atoms with E-state index in [-0.39, 0.29) is 12.4 Å². The molecule has 2 nitrogen and oxygen atoms in total. The number of benzene rings is 2. The van der Waals surface area contributed by atoms with E-state index in [9.17, 15) is 4.39 Å². The lowest BCUT2D eigenvalue weighted by atomic mass is 10.1. The van der Waals surface area contributed by atoms with Crippen LogP contribution in [0.2, 0.25) is 5.02 Å². The molecule has 2 rings (SSSR count). The van der Waals surface area contributed by atoms with Gasteiger partial charge in [0.2, 0.25) is 0 Å². The summed E-state index contributed by atoms with van der Waals surface area (Å²) in [7, 11) is 0. The van der Waals surface area contributed by atoms with Gasteiger partial charge in [-0.05, 0) is 43.3 Å². The van der Waals surface area contributed by atoms with Crippen LogP contribution in [0.5, 0.6) is 5.75 Å². The van der Waals surface area contributed by atoms with Crippen LogP contribution in [0.15, 0.2) is 42.5 Å². The zero-order valence-electron chi connectivity index (χ0n) is 12.2. The summed E-state index contributed by atoms with van der Waals surface area (Å²) in [5, 5.41) is 3.73. The Hall–Kier alpha value is -1.58. The molecule has 0 spiro atoms. The van der Waals surface area contributed by atoms with Crippen LogP contribution in [0.3, 0.4) is 0 Å². The molecule has 0 saturated heterocycles. The number of rotatable bonds is 6. The molecule has 0 heterocycles. The normalized spacial score (nSPS) is 12.2. The van der Waals surface area contributed by atoms with Gasteiger partial charge in [-0.3, -0.25) is 0 Å². The van der Waals surface area contributed by atoms with Crippen molar-refractivity contribution in [1.82, 2.24) is 5.32 Å². The van der Waals surface area contributed by atoms with Gasteiger partial charge < -0.3 is 10.1 Å². The molecule has 21 heavy (non-hydrogen) atoms. The first kappa shape index (κ1) is 15.8. The van der Waals surface area contributed by atoms with E-state index < -0.39 is 0 Å². The summed E-state index contributed by atoms with van der Waals surface area (Å²) < 4.78 is 19.2. The second kappa shape index (κ2) is 7.43. The van der Waals surface area contributed by atoms with Crippen LogP contribution in [0, 0.1) is 5.82 Å². The Balaban J connectivity index is 2.01. The number of hydrogen-bond donors (Lipinski definition) is 1. The van der Waals surface area contributed by atoms with Gasteiger partial charge in [-0.1, -0.05) is 36.7 Å². The highest BCUT2D eigenvalue weighted by molar-refractivity contribution is 6.31. The average molecular weight is 308 g/mol. The third-order valence-corrected chi connectivity index (χ3v) is 3.69. The molecule has 2 aromatic rings. The standard InChI is InChI=1S/C17H19ClFNO/c1-3-20-12(2)13-7-9-14(10-8-13)21-11-15-16(18)5-4-6-17(15)19/h4-10,12,20H,3,11H2,1-2H3. The molecular weight excluding hydrogens is 289 g/mol. The maximum absolute atomic E-state index is 13.6. The molecule has 112 valence electrons. The fraction of sp³-hybridized carbons (Fsp3) is 0.294. The van der Waals surface area contributed by atoms with Crippen molar-refractivity contribution in [2.75, 3.05) is 6.54 Å². The van der Waals surface area contributed by atoms with E-state index >= 15 is 0 Å². The molecule has 0 radical (unpaired) electrons. The lowest BCUT2D eigenvalue weighted by Crippen LogP contribution is -2.17. The third kappa shape index (κ3) is 4.19. The fourth-order valence-electron chi connectivity index (χ4n) is 2.10. The van der Waals surface area contributed by atoms with Gasteiger partial charge in [0.1, 0.15) is 18.2 Å². The molecule has 0 saturated carbocycles. The molecule has 0 bridgehead atoms. The van der Waals surface area contributed by atoms with Gasteiger partial charge in [0, 0.05) is 11.6 Å². The molecule has 0 fully saturated rings. The lowest BCUT2D eigenvalue weighted by molar-refractivity contribution is 0.300. The molecule has 1 N–H and O–H groups in total. The van der Waals surface area contributed by atoms with Gasteiger partial charge in [-0.15, -0.1) is 0 Å². The Labute approximate surface area is 129 Å². The SMILES string of the molecule is CCNC(C)c1ccc(OCc2c(F)cccc2Cl)cc1. The highest BCUT2D eigenvalue weighted by Crippen LogP contribution is 2.22. The summed E-state index contributed by atoms with van der Waals surface area (Å²) in [4.78, 5) is 0. The molecule has 2 aromatic carbocycles. The van der Waals surface area contributed by atoms with Crippen molar-refractivity contribution >= 4 is 11.6 Å². The molecule has 0 aliphatic carbocycles. The molecule has 1 unspecified atom stereocenters. The molecule has 4 heteroatoms. The van der Waals surface area contributed by atoms with E-state index in [0.717, 1.165) is 6.54 Å². The summed E-state index contributed by atoms with van der Waals surface area (Å²) in [6, 6.07) is 12.7. The molecule has 0 aliphatic rings. The maximum atomic E-state index is 13.6. The Morgan fingerprint density at radius 2 is 1.90 bits per heavy atom. The van der Waals surface area contributed by atoms with E-state index in [4.69, 9.17) is 16.3 Å². The van der Waals surface area contributed by atoms with Gasteiger partial charge in [-0.25, -0.2) is 4.39 Å². The van der Waals surface area contributed by atoms with Crippen LogP contribution in [-0.4, -0.2) is 6.54 Å². The van der Waals surface area contributed by atoms with Gasteiger partial charge in [0.15, 0.2) is 0 Å². The summed E-state index contributed by atoms with van der Waals surface area (Å²) >= 11 is 5.97. The van der Waals surface area contributed by atoms with E-state index in [1.165, 1.54) is 11.6 Å². The van der Waals surface area contributed by atoms with Crippen molar-refractivity contribution < 1.29 is 9.13 Å². The highest BCUT2D eigenvalue weighted by Gasteiger charge is 2.08. The Kier molecular flexibility index (Phi) is 5.59. The molecule has 0 aromatic heterocycles. The quantitative estimate of drug-likeness (QED) is 0.833. The van der Waals surface area contributed by atoms with Crippen LogP contribution in [0.4, 0.5) is 4.39 Å². The largest absolute Gasteiger partial charge is 0.489 e. The van der Waals surface area contributed by atoms with E-state index in [2.05, 4.69) is 19.2 Å². The number of nitrogens with one attached hydrogen (secondary N) is 1. The smallest absolute Gasteiger partial charge is 0.131 e. The van der Waals surface area contributed by atoms with Crippen LogP contribution < -0.4 is 10.1 Å². The topological polar surface area (TPSA) is 21.3 Å². The zero-order valence-corrected chi connectivity index (χ0v) is 13.0. The van der Waals surface area contributed by atoms with Crippen molar-refractivity contribution in [3.8, 4) is 5.75 Å². The van der Waals surface area contributed by atoms with Crippen molar-refractivity contribution in [2.45, 2.75) is 26.5 Å². The Bertz CT molecular complexity index is 566. The van der Waals surface area contributed by atoms with Gasteiger partial charge in [0.05, 0.1) is 5.02 Å². The van der Waals surface area contributed by atoms with Crippen LogP contribution >= 0.6 is 11.6 Å². The second-order valence-electron chi connectivity index (χ2n) is 4.84.